The number of carbonyl (C=O) groups excluding carboxylic acids is 1. The number of hydrogen-bond donors (Lipinski definition) is 2. The SMILES string of the molecule is CNc1ccc(C(=O)NC(C)CN2CCOCC2)nc1. The molecule has 1 unspecified atom stereocenters. The molecule has 2 heterocycles. The summed E-state index contributed by atoms with van der Waals surface area (Å²) in [4.78, 5) is 18.5. The maximum atomic E-state index is 12.1. The molecule has 1 fully saturated rings. The minimum absolute atomic E-state index is 0.0892. The largest absolute Gasteiger partial charge is 0.387 e. The van der Waals surface area contributed by atoms with Crippen LogP contribution in [0.2, 0.25) is 0 Å². The molecule has 0 bridgehead atoms. The van der Waals surface area contributed by atoms with Crippen LogP contribution in [-0.2, 0) is 4.74 Å². The standard InChI is InChI=1S/C14H22N4O2/c1-11(10-18-5-7-20-8-6-18)17-14(19)13-4-3-12(15-2)9-16-13/h3-4,9,11,15H,5-8,10H2,1-2H3,(H,17,19). The second-order valence-corrected chi connectivity index (χ2v) is 4.97. The van der Waals surface area contributed by atoms with Crippen LogP contribution in [0.15, 0.2) is 18.3 Å². The molecule has 0 saturated carbocycles. The Balaban J connectivity index is 1.82. The number of hydrogen-bond acceptors (Lipinski definition) is 5. The smallest absolute Gasteiger partial charge is 0.270 e. The zero-order chi connectivity index (χ0) is 14.4. The summed E-state index contributed by atoms with van der Waals surface area (Å²) in [5.74, 6) is -0.131. The highest BCUT2D eigenvalue weighted by molar-refractivity contribution is 5.92. The third kappa shape index (κ3) is 4.18. The van der Waals surface area contributed by atoms with Gasteiger partial charge in [-0.05, 0) is 19.1 Å². The van der Waals surface area contributed by atoms with Gasteiger partial charge in [0.15, 0.2) is 0 Å². The number of morpholine rings is 1. The highest BCUT2D eigenvalue weighted by Crippen LogP contribution is 2.05. The van der Waals surface area contributed by atoms with E-state index in [1.165, 1.54) is 0 Å². The minimum Gasteiger partial charge on any atom is -0.387 e. The van der Waals surface area contributed by atoms with Crippen molar-refractivity contribution in [2.75, 3.05) is 45.2 Å². The molecule has 6 heteroatoms. The highest BCUT2D eigenvalue weighted by atomic mass is 16.5. The second kappa shape index (κ2) is 7.21. The number of rotatable bonds is 5. The lowest BCUT2D eigenvalue weighted by Gasteiger charge is -2.29. The first-order valence-corrected chi connectivity index (χ1v) is 6.94. The number of nitrogens with one attached hydrogen (secondary N) is 2. The predicted octanol–water partition coefficient (Wildman–Crippen LogP) is 0.574. The van der Waals surface area contributed by atoms with E-state index in [0.717, 1.165) is 38.5 Å². The topological polar surface area (TPSA) is 66.5 Å². The molecule has 0 radical (unpaired) electrons. The lowest BCUT2D eigenvalue weighted by atomic mass is 10.2. The molecule has 2 rings (SSSR count). The Morgan fingerprint density at radius 2 is 2.20 bits per heavy atom. The number of anilines is 1. The Morgan fingerprint density at radius 3 is 2.80 bits per heavy atom. The molecule has 6 nitrogen and oxygen atoms in total. The number of carbonyl (C=O) groups is 1. The molecule has 1 amide bonds. The maximum absolute atomic E-state index is 12.1. The van der Waals surface area contributed by atoms with Gasteiger partial charge in [-0.25, -0.2) is 4.98 Å². The van der Waals surface area contributed by atoms with Crippen molar-refractivity contribution in [3.05, 3.63) is 24.0 Å². The summed E-state index contributed by atoms with van der Waals surface area (Å²) < 4.78 is 5.31. The zero-order valence-corrected chi connectivity index (χ0v) is 12.1. The van der Waals surface area contributed by atoms with Gasteiger partial charge >= 0.3 is 0 Å². The number of nitrogens with zero attached hydrogens (tertiary/aromatic N) is 2. The van der Waals surface area contributed by atoms with Crippen LogP contribution in [-0.4, -0.2) is 61.7 Å². The number of pyridine rings is 1. The van der Waals surface area contributed by atoms with Gasteiger partial charge in [0.25, 0.3) is 5.91 Å². The van der Waals surface area contributed by atoms with E-state index < -0.39 is 0 Å². The maximum Gasteiger partial charge on any atom is 0.270 e. The fourth-order valence-electron chi connectivity index (χ4n) is 2.19. The molecule has 2 N–H and O–H groups in total. The van der Waals surface area contributed by atoms with Gasteiger partial charge in [0.2, 0.25) is 0 Å². The first kappa shape index (κ1) is 14.7. The van der Waals surface area contributed by atoms with Gasteiger partial charge < -0.3 is 15.4 Å². The molecule has 1 aromatic rings. The summed E-state index contributed by atoms with van der Waals surface area (Å²) in [5, 5.41) is 5.95. The Hall–Kier alpha value is -1.66. The van der Waals surface area contributed by atoms with Gasteiger partial charge in [-0.3, -0.25) is 9.69 Å². The summed E-state index contributed by atoms with van der Waals surface area (Å²) in [5.41, 5.74) is 1.33. The summed E-state index contributed by atoms with van der Waals surface area (Å²) in [7, 11) is 1.82. The normalized spacial score (nSPS) is 17.5. The van der Waals surface area contributed by atoms with Crippen LogP contribution in [0.3, 0.4) is 0 Å². The van der Waals surface area contributed by atoms with Gasteiger partial charge in [-0.15, -0.1) is 0 Å². The molecule has 1 saturated heterocycles. The van der Waals surface area contributed by atoms with Crippen LogP contribution < -0.4 is 10.6 Å². The van der Waals surface area contributed by atoms with E-state index in [2.05, 4.69) is 20.5 Å². The molecular formula is C14H22N4O2. The van der Waals surface area contributed by atoms with Crippen molar-refractivity contribution in [2.24, 2.45) is 0 Å². The summed E-state index contributed by atoms with van der Waals surface area (Å²) in [6, 6.07) is 3.66. The van der Waals surface area contributed by atoms with Crippen molar-refractivity contribution in [1.29, 1.82) is 0 Å². The van der Waals surface area contributed by atoms with Gasteiger partial charge in [-0.2, -0.15) is 0 Å². The van der Waals surface area contributed by atoms with Crippen molar-refractivity contribution in [1.82, 2.24) is 15.2 Å². The fraction of sp³-hybridized carbons (Fsp3) is 0.571. The number of ether oxygens (including phenoxy) is 1. The summed E-state index contributed by atoms with van der Waals surface area (Å²) in [6.07, 6.45) is 1.65. The number of amides is 1. The molecule has 0 spiro atoms. The average molecular weight is 278 g/mol. The van der Waals surface area contributed by atoms with E-state index in [1.54, 1.807) is 12.3 Å². The van der Waals surface area contributed by atoms with Crippen molar-refractivity contribution in [3.63, 3.8) is 0 Å². The lowest BCUT2D eigenvalue weighted by molar-refractivity contribution is 0.0342. The molecule has 1 aliphatic rings. The average Bonchev–Trinajstić information content (AvgIpc) is 2.48. The molecule has 20 heavy (non-hydrogen) atoms. The van der Waals surface area contributed by atoms with E-state index in [1.807, 2.05) is 20.0 Å². The molecule has 110 valence electrons. The van der Waals surface area contributed by atoms with Crippen molar-refractivity contribution in [3.8, 4) is 0 Å². The van der Waals surface area contributed by atoms with Crippen molar-refractivity contribution in [2.45, 2.75) is 13.0 Å². The highest BCUT2D eigenvalue weighted by Gasteiger charge is 2.16. The van der Waals surface area contributed by atoms with E-state index >= 15 is 0 Å². The molecule has 1 aliphatic heterocycles. The Labute approximate surface area is 119 Å². The van der Waals surface area contributed by atoms with Crippen LogP contribution in [0.25, 0.3) is 0 Å². The van der Waals surface area contributed by atoms with E-state index in [0.29, 0.717) is 5.69 Å². The Bertz CT molecular complexity index is 429. The first-order valence-electron chi connectivity index (χ1n) is 6.94. The van der Waals surface area contributed by atoms with Crippen LogP contribution >= 0.6 is 0 Å². The van der Waals surface area contributed by atoms with Crippen LogP contribution in [0.5, 0.6) is 0 Å². The van der Waals surface area contributed by atoms with Gasteiger partial charge in [-0.1, -0.05) is 0 Å². The summed E-state index contributed by atoms with van der Waals surface area (Å²) >= 11 is 0. The van der Waals surface area contributed by atoms with Crippen molar-refractivity contribution < 1.29 is 9.53 Å². The third-order valence-corrected chi connectivity index (χ3v) is 3.30. The first-order chi connectivity index (χ1) is 9.69. The molecular weight excluding hydrogens is 256 g/mol. The van der Waals surface area contributed by atoms with Gasteiger partial charge in [0, 0.05) is 32.7 Å². The predicted molar refractivity (Wildman–Crippen MR) is 78.0 cm³/mol. The monoisotopic (exact) mass is 278 g/mol. The molecule has 0 aliphatic carbocycles. The van der Waals surface area contributed by atoms with Crippen molar-refractivity contribution >= 4 is 11.6 Å². The fourth-order valence-corrected chi connectivity index (χ4v) is 2.19. The van der Waals surface area contributed by atoms with Crippen LogP contribution in [0, 0.1) is 0 Å². The van der Waals surface area contributed by atoms with Crippen LogP contribution in [0.1, 0.15) is 17.4 Å². The van der Waals surface area contributed by atoms with Crippen LogP contribution in [0.4, 0.5) is 5.69 Å². The van der Waals surface area contributed by atoms with E-state index in [4.69, 9.17) is 4.74 Å². The third-order valence-electron chi connectivity index (χ3n) is 3.30. The molecule has 1 atom stereocenters. The second-order valence-electron chi connectivity index (χ2n) is 4.97. The Morgan fingerprint density at radius 1 is 1.45 bits per heavy atom. The van der Waals surface area contributed by atoms with Gasteiger partial charge in [0.1, 0.15) is 5.69 Å². The zero-order valence-electron chi connectivity index (χ0n) is 12.1. The Kier molecular flexibility index (Phi) is 5.31. The van der Waals surface area contributed by atoms with E-state index in [-0.39, 0.29) is 11.9 Å². The van der Waals surface area contributed by atoms with Gasteiger partial charge in [0.05, 0.1) is 25.1 Å². The summed E-state index contributed by atoms with van der Waals surface area (Å²) in [6.45, 7) is 6.24. The quantitative estimate of drug-likeness (QED) is 0.824. The minimum atomic E-state index is -0.131. The van der Waals surface area contributed by atoms with E-state index in [9.17, 15) is 4.79 Å². The lowest BCUT2D eigenvalue weighted by Crippen LogP contribution is -2.46. The molecule has 0 aromatic carbocycles. The number of aromatic nitrogens is 1. The molecule has 1 aromatic heterocycles.